The van der Waals surface area contributed by atoms with Crippen molar-refractivity contribution in [1.82, 2.24) is 20.3 Å². The summed E-state index contributed by atoms with van der Waals surface area (Å²) in [4.78, 5) is 12.7. The molecule has 0 bridgehead atoms. The molecular formula is C16H12ClFN6. The molecule has 8 heteroatoms. The number of hydrazine groups is 1. The van der Waals surface area contributed by atoms with Gasteiger partial charge in [-0.05, 0) is 24.3 Å². The fraction of sp³-hybridized carbons (Fsp3) is 0.0625. The predicted molar refractivity (Wildman–Crippen MR) is 89.6 cm³/mol. The summed E-state index contributed by atoms with van der Waals surface area (Å²) in [5.41, 5.74) is 4.18. The topological polar surface area (TPSA) is 65.4 Å². The highest BCUT2D eigenvalue weighted by Crippen LogP contribution is 2.26. The fourth-order valence-corrected chi connectivity index (χ4v) is 2.78. The molecule has 120 valence electrons. The van der Waals surface area contributed by atoms with Crippen LogP contribution in [0.4, 0.5) is 10.2 Å². The molecule has 2 aliphatic rings. The molecule has 1 aromatic carbocycles. The van der Waals surface area contributed by atoms with Gasteiger partial charge in [0.25, 0.3) is 0 Å². The molecule has 1 atom stereocenters. The number of hydrogen-bond donors (Lipinski definition) is 2. The second-order valence-electron chi connectivity index (χ2n) is 5.15. The van der Waals surface area contributed by atoms with E-state index in [0.29, 0.717) is 16.7 Å². The maximum atomic E-state index is 14.1. The lowest BCUT2D eigenvalue weighted by Crippen LogP contribution is -2.37. The highest BCUT2D eigenvalue weighted by molar-refractivity contribution is 6.34. The van der Waals surface area contributed by atoms with E-state index in [9.17, 15) is 4.39 Å². The minimum Gasteiger partial charge on any atom is -0.340 e. The summed E-state index contributed by atoms with van der Waals surface area (Å²) in [5, 5.41) is 5.19. The van der Waals surface area contributed by atoms with Crippen LogP contribution in [-0.4, -0.2) is 27.0 Å². The molecule has 0 fully saturated rings. The van der Waals surface area contributed by atoms with E-state index in [-0.39, 0.29) is 11.7 Å². The van der Waals surface area contributed by atoms with Gasteiger partial charge in [0.2, 0.25) is 0 Å². The number of halogens is 2. The number of allylic oxidation sites excluding steroid dienone is 2. The summed E-state index contributed by atoms with van der Waals surface area (Å²) in [6.07, 6.45) is 9.97. The van der Waals surface area contributed by atoms with Gasteiger partial charge in [-0.1, -0.05) is 17.7 Å². The SMILES string of the molecule is Fc1cccc(Cl)c1C1=NC2C(=CC=CN2Nc2cnccn2)N1. The number of rotatable bonds is 3. The van der Waals surface area contributed by atoms with Gasteiger partial charge >= 0.3 is 0 Å². The summed E-state index contributed by atoms with van der Waals surface area (Å²) in [6.45, 7) is 0. The van der Waals surface area contributed by atoms with Crippen molar-refractivity contribution in [3.8, 4) is 0 Å². The van der Waals surface area contributed by atoms with Gasteiger partial charge in [0.05, 0.1) is 22.5 Å². The zero-order valence-electron chi connectivity index (χ0n) is 12.3. The van der Waals surface area contributed by atoms with Crippen molar-refractivity contribution < 1.29 is 4.39 Å². The van der Waals surface area contributed by atoms with Gasteiger partial charge in [0.1, 0.15) is 11.7 Å². The average molecular weight is 343 g/mol. The Labute approximate surface area is 142 Å². The van der Waals surface area contributed by atoms with Gasteiger partial charge in [0.15, 0.2) is 12.0 Å². The highest BCUT2D eigenvalue weighted by atomic mass is 35.5. The van der Waals surface area contributed by atoms with Gasteiger partial charge in [-0.3, -0.25) is 15.4 Å². The number of amidine groups is 1. The van der Waals surface area contributed by atoms with Gasteiger partial charge in [-0.15, -0.1) is 0 Å². The van der Waals surface area contributed by atoms with E-state index >= 15 is 0 Å². The third-order valence-electron chi connectivity index (χ3n) is 3.58. The molecule has 0 spiro atoms. The van der Waals surface area contributed by atoms with Crippen molar-refractivity contribution in [2.75, 3.05) is 5.43 Å². The number of nitrogens with zero attached hydrogens (tertiary/aromatic N) is 4. The van der Waals surface area contributed by atoms with Crippen molar-refractivity contribution in [3.63, 3.8) is 0 Å². The van der Waals surface area contributed by atoms with E-state index in [1.54, 1.807) is 35.7 Å². The quantitative estimate of drug-likeness (QED) is 0.897. The third-order valence-corrected chi connectivity index (χ3v) is 3.90. The second-order valence-corrected chi connectivity index (χ2v) is 5.55. The Balaban J connectivity index is 1.65. The number of aromatic nitrogens is 2. The summed E-state index contributed by atoms with van der Waals surface area (Å²) < 4.78 is 14.1. The molecule has 0 saturated heterocycles. The predicted octanol–water partition coefficient (Wildman–Crippen LogP) is 2.69. The molecular weight excluding hydrogens is 331 g/mol. The summed E-state index contributed by atoms with van der Waals surface area (Å²) in [6, 6.07) is 4.55. The first-order chi connectivity index (χ1) is 11.7. The van der Waals surface area contributed by atoms with Crippen LogP contribution >= 0.6 is 11.6 Å². The van der Waals surface area contributed by atoms with Gasteiger partial charge in [-0.2, -0.15) is 0 Å². The van der Waals surface area contributed by atoms with Crippen LogP contribution in [0.3, 0.4) is 0 Å². The first-order valence-electron chi connectivity index (χ1n) is 7.21. The summed E-state index contributed by atoms with van der Waals surface area (Å²) >= 11 is 6.13. The normalized spacial score (nSPS) is 18.6. The van der Waals surface area contributed by atoms with Gasteiger partial charge in [-0.25, -0.2) is 14.4 Å². The Morgan fingerprint density at radius 3 is 3.00 bits per heavy atom. The Hall–Kier alpha value is -2.93. The fourth-order valence-electron chi connectivity index (χ4n) is 2.52. The van der Waals surface area contributed by atoms with Gasteiger partial charge in [0, 0.05) is 18.6 Å². The van der Waals surface area contributed by atoms with Crippen molar-refractivity contribution in [2.45, 2.75) is 6.17 Å². The molecule has 2 N–H and O–H groups in total. The monoisotopic (exact) mass is 342 g/mol. The number of benzene rings is 1. The van der Waals surface area contributed by atoms with Crippen LogP contribution in [0.5, 0.6) is 0 Å². The Kier molecular flexibility index (Phi) is 3.62. The van der Waals surface area contributed by atoms with Crippen molar-refractivity contribution in [1.29, 1.82) is 0 Å². The molecule has 1 unspecified atom stereocenters. The Morgan fingerprint density at radius 1 is 1.29 bits per heavy atom. The maximum absolute atomic E-state index is 14.1. The highest BCUT2D eigenvalue weighted by Gasteiger charge is 2.31. The van der Waals surface area contributed by atoms with Crippen molar-refractivity contribution in [3.05, 3.63) is 77.2 Å². The minimum atomic E-state index is -0.422. The smallest absolute Gasteiger partial charge is 0.181 e. The average Bonchev–Trinajstić information content (AvgIpc) is 3.00. The Morgan fingerprint density at radius 2 is 2.21 bits per heavy atom. The lowest BCUT2D eigenvalue weighted by molar-refractivity contribution is 0.371. The number of nitrogens with one attached hydrogen (secondary N) is 2. The summed E-state index contributed by atoms with van der Waals surface area (Å²) in [5.74, 6) is 0.550. The van der Waals surface area contributed by atoms with Crippen molar-refractivity contribution >= 4 is 23.3 Å². The largest absolute Gasteiger partial charge is 0.340 e. The minimum absolute atomic E-state index is 0.258. The zero-order valence-corrected chi connectivity index (χ0v) is 13.1. The molecule has 1 aromatic heterocycles. The van der Waals surface area contributed by atoms with Crippen LogP contribution in [0.15, 0.2) is 65.8 Å². The molecule has 4 rings (SSSR count). The lowest BCUT2D eigenvalue weighted by atomic mass is 10.2. The molecule has 0 amide bonds. The molecule has 0 aliphatic carbocycles. The van der Waals surface area contributed by atoms with E-state index in [0.717, 1.165) is 5.70 Å². The molecule has 6 nitrogen and oxygen atoms in total. The molecule has 3 heterocycles. The number of aliphatic imine (C=N–C) groups is 1. The van der Waals surface area contributed by atoms with E-state index in [1.165, 1.54) is 6.07 Å². The first kappa shape index (κ1) is 14.6. The van der Waals surface area contributed by atoms with Crippen LogP contribution in [0, 0.1) is 5.82 Å². The molecule has 2 aliphatic heterocycles. The number of hydrogen-bond acceptors (Lipinski definition) is 6. The van der Waals surface area contributed by atoms with Gasteiger partial charge < -0.3 is 5.32 Å². The molecule has 24 heavy (non-hydrogen) atoms. The molecule has 0 radical (unpaired) electrons. The number of anilines is 1. The van der Waals surface area contributed by atoms with E-state index in [1.807, 2.05) is 18.4 Å². The maximum Gasteiger partial charge on any atom is 0.181 e. The van der Waals surface area contributed by atoms with Crippen LogP contribution in [0.1, 0.15) is 5.56 Å². The van der Waals surface area contributed by atoms with Crippen LogP contribution < -0.4 is 10.7 Å². The van der Waals surface area contributed by atoms with E-state index in [4.69, 9.17) is 11.6 Å². The third kappa shape index (κ3) is 2.59. The second kappa shape index (κ2) is 5.93. The van der Waals surface area contributed by atoms with E-state index < -0.39 is 5.82 Å². The van der Waals surface area contributed by atoms with E-state index in [2.05, 4.69) is 25.7 Å². The Bertz CT molecular complexity index is 844. The zero-order chi connectivity index (χ0) is 16.5. The number of fused-ring (bicyclic) bond motifs is 1. The van der Waals surface area contributed by atoms with Crippen LogP contribution in [0.25, 0.3) is 0 Å². The molecule has 2 aromatic rings. The standard InChI is InChI=1S/C16H12ClFN6/c17-10-3-1-4-11(18)14(10)15-21-12-5-2-8-24(16(12)22-15)23-13-9-19-6-7-20-13/h1-9,16H,(H,20,23)(H,21,22). The van der Waals surface area contributed by atoms with Crippen molar-refractivity contribution in [2.24, 2.45) is 4.99 Å². The van der Waals surface area contributed by atoms with Crippen LogP contribution in [0.2, 0.25) is 5.02 Å². The lowest BCUT2D eigenvalue weighted by Gasteiger charge is -2.28. The van der Waals surface area contributed by atoms with Crippen LogP contribution in [-0.2, 0) is 0 Å². The molecule has 0 saturated carbocycles. The first-order valence-corrected chi connectivity index (χ1v) is 7.59. The summed E-state index contributed by atoms with van der Waals surface area (Å²) in [7, 11) is 0.